The SMILES string of the molecule is CN=C1CCC(Nc2ncc(C(N)=O)c(N[C@@H]3CCCC(=O)C3)n2)CC1. The number of hydrogen-bond donors (Lipinski definition) is 3. The molecular formula is C18H26N6O2. The molecular weight excluding hydrogens is 332 g/mol. The lowest BCUT2D eigenvalue weighted by atomic mass is 9.94. The highest BCUT2D eigenvalue weighted by molar-refractivity contribution is 5.97. The second kappa shape index (κ2) is 8.25. The summed E-state index contributed by atoms with van der Waals surface area (Å²) in [6.45, 7) is 0. The van der Waals surface area contributed by atoms with E-state index in [0.717, 1.165) is 38.5 Å². The van der Waals surface area contributed by atoms with Gasteiger partial charge in [-0.1, -0.05) is 0 Å². The number of aliphatic imine (C=N–C) groups is 1. The quantitative estimate of drug-likeness (QED) is 0.739. The number of ketones is 1. The molecule has 0 aliphatic heterocycles. The van der Waals surface area contributed by atoms with Crippen molar-refractivity contribution in [2.45, 2.75) is 63.5 Å². The number of nitrogens with one attached hydrogen (secondary N) is 2. The molecule has 0 radical (unpaired) electrons. The molecule has 0 unspecified atom stereocenters. The predicted octanol–water partition coefficient (Wildman–Crippen LogP) is 1.92. The summed E-state index contributed by atoms with van der Waals surface area (Å²) >= 11 is 0. The molecule has 140 valence electrons. The van der Waals surface area contributed by atoms with Gasteiger partial charge >= 0.3 is 0 Å². The Bertz CT molecular complexity index is 708. The molecule has 4 N–H and O–H groups in total. The number of nitrogens with zero attached hydrogens (tertiary/aromatic N) is 3. The first kappa shape index (κ1) is 18.3. The van der Waals surface area contributed by atoms with Crippen molar-refractivity contribution in [3.05, 3.63) is 11.8 Å². The third-order valence-corrected chi connectivity index (χ3v) is 5.09. The number of aromatic nitrogens is 2. The van der Waals surface area contributed by atoms with E-state index < -0.39 is 5.91 Å². The minimum Gasteiger partial charge on any atom is -0.366 e. The number of carbonyl (C=O) groups excluding carboxylic acids is 2. The average Bonchev–Trinajstić information content (AvgIpc) is 2.62. The fraction of sp³-hybridized carbons (Fsp3) is 0.611. The third kappa shape index (κ3) is 4.56. The van der Waals surface area contributed by atoms with E-state index in [-0.39, 0.29) is 23.4 Å². The van der Waals surface area contributed by atoms with Gasteiger partial charge in [0.25, 0.3) is 5.91 Å². The minimum atomic E-state index is -0.581. The molecule has 8 heteroatoms. The van der Waals surface area contributed by atoms with Crippen LogP contribution in [0.3, 0.4) is 0 Å². The van der Waals surface area contributed by atoms with Crippen LogP contribution in [-0.2, 0) is 4.79 Å². The molecule has 26 heavy (non-hydrogen) atoms. The lowest BCUT2D eigenvalue weighted by Gasteiger charge is -2.25. The summed E-state index contributed by atoms with van der Waals surface area (Å²) in [5, 5.41) is 6.56. The van der Waals surface area contributed by atoms with Crippen molar-refractivity contribution >= 4 is 29.2 Å². The van der Waals surface area contributed by atoms with E-state index in [1.807, 2.05) is 7.05 Å². The van der Waals surface area contributed by atoms with Gasteiger partial charge in [0.15, 0.2) is 0 Å². The average molecular weight is 358 g/mol. The number of nitrogens with two attached hydrogens (primary N) is 1. The van der Waals surface area contributed by atoms with Crippen molar-refractivity contribution in [2.24, 2.45) is 10.7 Å². The highest BCUT2D eigenvalue weighted by Gasteiger charge is 2.23. The summed E-state index contributed by atoms with van der Waals surface area (Å²) in [6, 6.07) is 0.263. The standard InChI is InChI=1S/C18H26N6O2/c1-20-11-5-7-12(8-6-11)23-18-21-10-15(16(19)26)17(24-18)22-13-3-2-4-14(25)9-13/h10,12-13H,2-9H2,1H3,(H2,19,26)(H2,21,22,23,24)/t12?,13-/m1/s1. The Balaban J connectivity index is 1.71. The Morgan fingerprint density at radius 1 is 1.19 bits per heavy atom. The van der Waals surface area contributed by atoms with Gasteiger partial charge in [0.2, 0.25) is 5.95 Å². The number of Topliss-reactive ketones (excluding diaryl/α,β-unsaturated/α-hetero) is 1. The van der Waals surface area contributed by atoms with E-state index in [0.29, 0.717) is 24.6 Å². The second-order valence-electron chi connectivity index (χ2n) is 7.00. The first-order valence-corrected chi connectivity index (χ1v) is 9.21. The Morgan fingerprint density at radius 2 is 1.96 bits per heavy atom. The largest absolute Gasteiger partial charge is 0.366 e. The van der Waals surface area contributed by atoms with Gasteiger partial charge in [-0.25, -0.2) is 4.98 Å². The molecule has 3 rings (SSSR count). The van der Waals surface area contributed by atoms with Gasteiger partial charge in [-0.15, -0.1) is 0 Å². The van der Waals surface area contributed by atoms with Crippen molar-refractivity contribution in [1.29, 1.82) is 0 Å². The molecule has 1 aromatic heterocycles. The lowest BCUT2D eigenvalue weighted by molar-refractivity contribution is -0.120. The summed E-state index contributed by atoms with van der Waals surface area (Å²) in [4.78, 5) is 36.4. The molecule has 0 bridgehead atoms. The highest BCUT2D eigenvalue weighted by Crippen LogP contribution is 2.23. The number of amides is 1. The number of rotatable bonds is 5. The predicted molar refractivity (Wildman–Crippen MR) is 101 cm³/mol. The maximum atomic E-state index is 11.7. The van der Waals surface area contributed by atoms with Gasteiger partial charge < -0.3 is 16.4 Å². The first-order chi connectivity index (χ1) is 12.5. The van der Waals surface area contributed by atoms with Gasteiger partial charge in [0, 0.05) is 43.9 Å². The zero-order valence-electron chi connectivity index (χ0n) is 15.1. The van der Waals surface area contributed by atoms with Crippen molar-refractivity contribution < 1.29 is 9.59 Å². The second-order valence-corrected chi connectivity index (χ2v) is 7.00. The van der Waals surface area contributed by atoms with Crippen LogP contribution in [-0.4, -0.2) is 46.5 Å². The van der Waals surface area contributed by atoms with Crippen molar-refractivity contribution in [3.8, 4) is 0 Å². The van der Waals surface area contributed by atoms with Crippen molar-refractivity contribution in [2.75, 3.05) is 17.7 Å². The number of anilines is 2. The van der Waals surface area contributed by atoms with E-state index in [9.17, 15) is 9.59 Å². The first-order valence-electron chi connectivity index (χ1n) is 9.21. The van der Waals surface area contributed by atoms with E-state index in [2.05, 4.69) is 25.6 Å². The Kier molecular flexibility index (Phi) is 5.80. The molecule has 0 aromatic carbocycles. The van der Waals surface area contributed by atoms with E-state index in [1.165, 1.54) is 11.9 Å². The van der Waals surface area contributed by atoms with Crippen LogP contribution in [0.1, 0.15) is 61.7 Å². The molecule has 2 aliphatic rings. The van der Waals surface area contributed by atoms with Crippen molar-refractivity contribution in [3.63, 3.8) is 0 Å². The fourth-order valence-corrected chi connectivity index (χ4v) is 3.58. The van der Waals surface area contributed by atoms with Crippen LogP contribution in [0.25, 0.3) is 0 Å². The number of hydrogen-bond acceptors (Lipinski definition) is 7. The molecule has 0 saturated heterocycles. The van der Waals surface area contributed by atoms with Gasteiger partial charge in [-0.2, -0.15) is 4.98 Å². The number of carbonyl (C=O) groups is 2. The van der Waals surface area contributed by atoms with E-state index in [1.54, 1.807) is 0 Å². The maximum absolute atomic E-state index is 11.7. The van der Waals surface area contributed by atoms with Gasteiger partial charge in [0.1, 0.15) is 11.6 Å². The van der Waals surface area contributed by atoms with Crippen LogP contribution in [0.5, 0.6) is 0 Å². The topological polar surface area (TPSA) is 122 Å². The molecule has 2 aliphatic carbocycles. The molecule has 1 atom stereocenters. The van der Waals surface area contributed by atoms with E-state index >= 15 is 0 Å². The van der Waals surface area contributed by atoms with Gasteiger partial charge in [-0.3, -0.25) is 14.6 Å². The van der Waals surface area contributed by atoms with Crippen LogP contribution in [0.4, 0.5) is 11.8 Å². The minimum absolute atomic E-state index is 0.0184. The lowest BCUT2D eigenvalue weighted by Crippen LogP contribution is -2.30. The summed E-state index contributed by atoms with van der Waals surface area (Å²) in [6.07, 6.45) is 8.16. The Morgan fingerprint density at radius 3 is 2.62 bits per heavy atom. The zero-order chi connectivity index (χ0) is 18.5. The Labute approximate surface area is 153 Å². The molecule has 1 amide bonds. The van der Waals surface area contributed by atoms with E-state index in [4.69, 9.17) is 5.73 Å². The highest BCUT2D eigenvalue weighted by atomic mass is 16.1. The third-order valence-electron chi connectivity index (χ3n) is 5.09. The van der Waals surface area contributed by atoms with Crippen LogP contribution >= 0.6 is 0 Å². The normalized spacial score (nSPS) is 23.4. The summed E-state index contributed by atoms with van der Waals surface area (Å²) < 4.78 is 0. The maximum Gasteiger partial charge on any atom is 0.254 e. The van der Waals surface area contributed by atoms with Crippen molar-refractivity contribution in [1.82, 2.24) is 9.97 Å². The molecule has 1 heterocycles. The molecule has 8 nitrogen and oxygen atoms in total. The zero-order valence-corrected chi connectivity index (χ0v) is 15.1. The van der Waals surface area contributed by atoms with Crippen LogP contribution in [0, 0.1) is 0 Å². The number of primary amides is 1. The smallest absolute Gasteiger partial charge is 0.254 e. The van der Waals surface area contributed by atoms with Gasteiger partial charge in [0.05, 0.1) is 5.56 Å². The van der Waals surface area contributed by atoms with Gasteiger partial charge in [-0.05, 0) is 38.5 Å². The molecule has 1 aromatic rings. The molecule has 0 spiro atoms. The molecule has 2 fully saturated rings. The fourth-order valence-electron chi connectivity index (χ4n) is 3.58. The van der Waals surface area contributed by atoms with Crippen LogP contribution in [0.2, 0.25) is 0 Å². The van der Waals surface area contributed by atoms with Crippen LogP contribution < -0.4 is 16.4 Å². The molecule has 2 saturated carbocycles. The van der Waals surface area contributed by atoms with Crippen LogP contribution in [0.15, 0.2) is 11.2 Å². The summed E-state index contributed by atoms with van der Waals surface area (Å²) in [5.74, 6) is 0.530. The monoisotopic (exact) mass is 358 g/mol. The summed E-state index contributed by atoms with van der Waals surface area (Å²) in [7, 11) is 1.84. The summed E-state index contributed by atoms with van der Waals surface area (Å²) in [5.41, 5.74) is 6.95. The Hall–Kier alpha value is -2.51.